The van der Waals surface area contributed by atoms with Crippen LogP contribution in [0.1, 0.15) is 15.2 Å². The highest BCUT2D eigenvalue weighted by molar-refractivity contribution is 7.21. The van der Waals surface area contributed by atoms with Gasteiger partial charge in [-0.3, -0.25) is 4.79 Å². The first kappa shape index (κ1) is 15.8. The van der Waals surface area contributed by atoms with E-state index in [4.69, 9.17) is 15.2 Å². The van der Waals surface area contributed by atoms with Crippen molar-refractivity contribution in [2.45, 2.75) is 6.92 Å². The number of anilines is 1. The van der Waals surface area contributed by atoms with E-state index in [-0.39, 0.29) is 5.91 Å². The van der Waals surface area contributed by atoms with Gasteiger partial charge in [-0.05, 0) is 12.5 Å². The van der Waals surface area contributed by atoms with Crippen molar-refractivity contribution in [1.29, 1.82) is 0 Å². The number of nitrogen functional groups attached to an aromatic ring is 1. The fourth-order valence-electron chi connectivity index (χ4n) is 2.01. The maximum absolute atomic E-state index is 12.2. The molecule has 0 fully saturated rings. The number of fused-ring (bicyclic) bond motifs is 1. The summed E-state index contributed by atoms with van der Waals surface area (Å²) in [7, 11) is 1.62. The summed E-state index contributed by atoms with van der Waals surface area (Å²) >= 11 is 1.43. The minimum Gasteiger partial charge on any atom is -0.397 e. The van der Waals surface area contributed by atoms with Crippen LogP contribution in [0.3, 0.4) is 0 Å². The van der Waals surface area contributed by atoms with Crippen molar-refractivity contribution in [3.8, 4) is 0 Å². The van der Waals surface area contributed by atoms with Crippen molar-refractivity contribution < 1.29 is 14.3 Å². The number of thiophene rings is 1. The van der Waals surface area contributed by atoms with Crippen molar-refractivity contribution >= 4 is 33.0 Å². The van der Waals surface area contributed by atoms with Crippen LogP contribution >= 0.6 is 11.3 Å². The summed E-state index contributed by atoms with van der Waals surface area (Å²) in [5, 5.41) is 3.77. The van der Waals surface area contributed by atoms with E-state index < -0.39 is 0 Å². The lowest BCUT2D eigenvalue weighted by molar-refractivity contribution is 0.0693. The molecule has 2 aromatic rings. The number of hydrogen-bond donors (Lipinski definition) is 2. The van der Waals surface area contributed by atoms with Crippen LogP contribution in [0.2, 0.25) is 0 Å². The molecule has 2 rings (SSSR count). The Morgan fingerprint density at radius 2 is 2.14 bits per heavy atom. The lowest BCUT2D eigenvalue weighted by Crippen LogP contribution is -2.27. The molecule has 114 valence electrons. The second-order valence-corrected chi connectivity index (χ2v) is 5.68. The topological polar surface area (TPSA) is 73.6 Å². The Labute approximate surface area is 128 Å². The van der Waals surface area contributed by atoms with Crippen molar-refractivity contribution in [3.05, 3.63) is 28.6 Å². The van der Waals surface area contributed by atoms with Gasteiger partial charge in [-0.2, -0.15) is 0 Å². The maximum atomic E-state index is 12.2. The summed E-state index contributed by atoms with van der Waals surface area (Å²) in [4.78, 5) is 12.7. The van der Waals surface area contributed by atoms with E-state index in [1.54, 1.807) is 7.11 Å². The number of methoxy groups -OCH3 is 1. The molecule has 0 spiro atoms. The van der Waals surface area contributed by atoms with Crippen LogP contribution in [-0.4, -0.2) is 39.4 Å². The summed E-state index contributed by atoms with van der Waals surface area (Å²) in [6.07, 6.45) is 0. The molecule has 0 bridgehead atoms. The predicted octanol–water partition coefficient (Wildman–Crippen LogP) is 2.18. The van der Waals surface area contributed by atoms with Crippen molar-refractivity contribution in [2.75, 3.05) is 39.2 Å². The van der Waals surface area contributed by atoms with Crippen LogP contribution in [-0.2, 0) is 9.47 Å². The molecule has 0 aliphatic rings. The first-order valence-electron chi connectivity index (χ1n) is 6.77. The molecule has 6 heteroatoms. The van der Waals surface area contributed by atoms with E-state index in [0.717, 1.165) is 15.6 Å². The lowest BCUT2D eigenvalue weighted by Gasteiger charge is -2.05. The number of nitrogens with one attached hydrogen (secondary N) is 1. The molecule has 1 aromatic heterocycles. The molecule has 0 aliphatic heterocycles. The third kappa shape index (κ3) is 3.72. The summed E-state index contributed by atoms with van der Waals surface area (Å²) in [5.41, 5.74) is 7.76. The van der Waals surface area contributed by atoms with Crippen molar-refractivity contribution in [1.82, 2.24) is 5.32 Å². The Bertz CT molecular complexity index is 625. The molecular formula is C15H20N2O3S. The molecule has 0 radical (unpaired) electrons. The lowest BCUT2D eigenvalue weighted by atomic mass is 10.1. The fourth-order valence-corrected chi connectivity index (χ4v) is 3.12. The molecule has 0 atom stereocenters. The molecule has 1 heterocycles. The minimum atomic E-state index is -0.150. The molecule has 1 aromatic carbocycles. The number of rotatable bonds is 7. The third-order valence-corrected chi connectivity index (χ3v) is 4.48. The number of carbonyl (C=O) groups is 1. The number of hydrogen-bond acceptors (Lipinski definition) is 5. The molecule has 3 N–H and O–H groups in total. The summed E-state index contributed by atoms with van der Waals surface area (Å²) in [6, 6.07) is 5.91. The van der Waals surface area contributed by atoms with Gasteiger partial charge in [0, 0.05) is 23.7 Å². The van der Waals surface area contributed by atoms with Gasteiger partial charge in [-0.15, -0.1) is 11.3 Å². The summed E-state index contributed by atoms with van der Waals surface area (Å²) in [6.45, 7) is 4.00. The van der Waals surface area contributed by atoms with Crippen LogP contribution in [0, 0.1) is 6.92 Å². The zero-order chi connectivity index (χ0) is 15.2. The van der Waals surface area contributed by atoms with Crippen molar-refractivity contribution in [3.63, 3.8) is 0 Å². The molecule has 1 amide bonds. The smallest absolute Gasteiger partial charge is 0.263 e. The van der Waals surface area contributed by atoms with Crippen LogP contribution < -0.4 is 11.1 Å². The Morgan fingerprint density at radius 3 is 2.86 bits per heavy atom. The predicted molar refractivity (Wildman–Crippen MR) is 86.0 cm³/mol. The molecule has 21 heavy (non-hydrogen) atoms. The van der Waals surface area contributed by atoms with E-state index in [1.165, 1.54) is 11.3 Å². The van der Waals surface area contributed by atoms with E-state index >= 15 is 0 Å². The average molecular weight is 308 g/mol. The highest BCUT2D eigenvalue weighted by Crippen LogP contribution is 2.35. The van der Waals surface area contributed by atoms with E-state index in [2.05, 4.69) is 5.32 Å². The van der Waals surface area contributed by atoms with Gasteiger partial charge in [0.1, 0.15) is 4.88 Å². The summed E-state index contributed by atoms with van der Waals surface area (Å²) < 4.78 is 11.2. The number of nitrogens with two attached hydrogens (primary N) is 1. The van der Waals surface area contributed by atoms with Gasteiger partial charge in [0.25, 0.3) is 5.91 Å². The minimum absolute atomic E-state index is 0.150. The van der Waals surface area contributed by atoms with E-state index in [0.29, 0.717) is 36.9 Å². The SMILES string of the molecule is COCCOCCNC(=O)c1sc2c(C)cccc2c1N. The Hall–Kier alpha value is -1.63. The Kier molecular flexibility index (Phi) is 5.55. The maximum Gasteiger partial charge on any atom is 0.263 e. The third-order valence-electron chi connectivity index (χ3n) is 3.12. The van der Waals surface area contributed by atoms with Gasteiger partial charge in [0.2, 0.25) is 0 Å². The molecule has 0 saturated heterocycles. The number of benzene rings is 1. The zero-order valence-electron chi connectivity index (χ0n) is 12.3. The standard InChI is InChI=1S/C15H20N2O3S/c1-10-4-3-5-11-12(16)14(21-13(10)11)15(18)17-6-7-20-9-8-19-2/h3-5H,6-9,16H2,1-2H3,(H,17,18). The van der Waals surface area contributed by atoms with Crippen LogP contribution in [0.25, 0.3) is 10.1 Å². The van der Waals surface area contributed by atoms with Crippen LogP contribution in [0.4, 0.5) is 5.69 Å². The first-order chi connectivity index (χ1) is 10.1. The van der Waals surface area contributed by atoms with Gasteiger partial charge >= 0.3 is 0 Å². The van der Waals surface area contributed by atoms with Crippen LogP contribution in [0.15, 0.2) is 18.2 Å². The van der Waals surface area contributed by atoms with E-state index in [9.17, 15) is 4.79 Å². The van der Waals surface area contributed by atoms with Crippen LogP contribution in [0.5, 0.6) is 0 Å². The second-order valence-electron chi connectivity index (χ2n) is 4.66. The largest absolute Gasteiger partial charge is 0.397 e. The number of carbonyl (C=O) groups excluding carboxylic acids is 1. The summed E-state index contributed by atoms with van der Waals surface area (Å²) in [5.74, 6) is -0.150. The molecular weight excluding hydrogens is 288 g/mol. The first-order valence-corrected chi connectivity index (χ1v) is 7.59. The second kappa shape index (κ2) is 7.40. The molecule has 0 saturated carbocycles. The molecule has 0 unspecified atom stereocenters. The Morgan fingerprint density at radius 1 is 1.33 bits per heavy atom. The van der Waals surface area contributed by atoms with Gasteiger partial charge < -0.3 is 20.5 Å². The van der Waals surface area contributed by atoms with E-state index in [1.807, 2.05) is 25.1 Å². The highest BCUT2D eigenvalue weighted by atomic mass is 32.1. The number of ether oxygens (including phenoxy) is 2. The van der Waals surface area contributed by atoms with Crippen molar-refractivity contribution in [2.24, 2.45) is 0 Å². The fraction of sp³-hybridized carbons (Fsp3) is 0.400. The quantitative estimate of drug-likeness (QED) is 0.769. The normalized spacial score (nSPS) is 11.0. The number of amides is 1. The Balaban J connectivity index is 1.97. The number of aryl methyl sites for hydroxylation is 1. The molecule has 5 nitrogen and oxygen atoms in total. The highest BCUT2D eigenvalue weighted by Gasteiger charge is 2.16. The van der Waals surface area contributed by atoms with Gasteiger partial charge in [-0.25, -0.2) is 0 Å². The van der Waals surface area contributed by atoms with Gasteiger partial charge in [0.15, 0.2) is 0 Å². The van der Waals surface area contributed by atoms with Gasteiger partial charge in [0.05, 0.1) is 25.5 Å². The van der Waals surface area contributed by atoms with Gasteiger partial charge in [-0.1, -0.05) is 18.2 Å². The zero-order valence-corrected chi connectivity index (χ0v) is 13.1. The average Bonchev–Trinajstić information content (AvgIpc) is 2.82. The monoisotopic (exact) mass is 308 g/mol. The molecule has 0 aliphatic carbocycles.